The summed E-state index contributed by atoms with van der Waals surface area (Å²) in [5.74, 6) is -0.543. The van der Waals surface area contributed by atoms with E-state index in [9.17, 15) is 9.18 Å². The summed E-state index contributed by atoms with van der Waals surface area (Å²) in [5.41, 5.74) is 0.873. The van der Waals surface area contributed by atoms with Crippen LogP contribution in [0.25, 0.3) is 0 Å². The molecule has 1 unspecified atom stereocenters. The predicted molar refractivity (Wildman–Crippen MR) is 59.8 cm³/mol. The highest BCUT2D eigenvalue weighted by molar-refractivity contribution is 5.94. The lowest BCUT2D eigenvalue weighted by atomic mass is 10.1. The van der Waals surface area contributed by atoms with Crippen molar-refractivity contribution in [2.24, 2.45) is 0 Å². The Kier molecular flexibility index (Phi) is 4.01. The number of aryl methyl sites for hydroxylation is 1. The highest BCUT2D eigenvalue weighted by Crippen LogP contribution is 2.12. The topological polar surface area (TPSA) is 40.5 Å². The number of likely N-dealkylation sites (N-methyl/N-ethyl adjacent to an activating group) is 1. The Morgan fingerprint density at radius 2 is 2.19 bits per heavy atom. The molecule has 0 bridgehead atoms. The van der Waals surface area contributed by atoms with Crippen molar-refractivity contribution in [3.63, 3.8) is 0 Å². The molecule has 0 fully saturated rings. The molecule has 0 radical (unpaired) electrons. The zero-order valence-electron chi connectivity index (χ0n) is 9.70. The second kappa shape index (κ2) is 5.07. The van der Waals surface area contributed by atoms with Gasteiger partial charge in [0, 0.05) is 12.6 Å². The molecule has 16 heavy (non-hydrogen) atoms. The zero-order chi connectivity index (χ0) is 12.3. The van der Waals surface area contributed by atoms with Crippen LogP contribution in [0.1, 0.15) is 22.8 Å². The van der Waals surface area contributed by atoms with Gasteiger partial charge in [0.1, 0.15) is 5.82 Å². The van der Waals surface area contributed by atoms with Gasteiger partial charge >= 0.3 is 0 Å². The van der Waals surface area contributed by atoms with Gasteiger partial charge in [-0.2, -0.15) is 0 Å². The summed E-state index contributed by atoms with van der Waals surface area (Å²) in [6.07, 6.45) is 0. The SMILES string of the molecule is Cc1cc(C(=O)N(C)C(C)CO)ccc1F. The van der Waals surface area contributed by atoms with Crippen LogP contribution in [0, 0.1) is 12.7 Å². The maximum atomic E-state index is 13.0. The van der Waals surface area contributed by atoms with Crippen molar-refractivity contribution in [3.05, 3.63) is 35.1 Å². The van der Waals surface area contributed by atoms with Crippen molar-refractivity contribution in [1.82, 2.24) is 4.90 Å². The quantitative estimate of drug-likeness (QED) is 0.848. The standard InChI is InChI=1S/C12H16FNO2/c1-8-6-10(4-5-11(8)13)12(16)14(3)9(2)7-15/h4-6,9,15H,7H2,1-3H3. The summed E-state index contributed by atoms with van der Waals surface area (Å²) in [6.45, 7) is 3.26. The number of carbonyl (C=O) groups is 1. The van der Waals surface area contributed by atoms with Crippen molar-refractivity contribution < 1.29 is 14.3 Å². The second-order valence-electron chi connectivity index (χ2n) is 3.91. The molecular weight excluding hydrogens is 209 g/mol. The van der Waals surface area contributed by atoms with Crippen molar-refractivity contribution in [3.8, 4) is 0 Å². The Morgan fingerprint density at radius 3 is 2.69 bits per heavy atom. The second-order valence-corrected chi connectivity index (χ2v) is 3.91. The van der Waals surface area contributed by atoms with Gasteiger partial charge in [-0.3, -0.25) is 4.79 Å². The van der Waals surface area contributed by atoms with Crippen LogP contribution in [0.2, 0.25) is 0 Å². The fourth-order valence-electron chi connectivity index (χ4n) is 1.30. The maximum absolute atomic E-state index is 13.0. The molecule has 0 spiro atoms. The Balaban J connectivity index is 2.92. The van der Waals surface area contributed by atoms with Gasteiger partial charge in [0.05, 0.1) is 12.6 Å². The van der Waals surface area contributed by atoms with E-state index >= 15 is 0 Å². The molecule has 88 valence electrons. The van der Waals surface area contributed by atoms with E-state index in [1.54, 1.807) is 20.9 Å². The minimum atomic E-state index is -0.325. The van der Waals surface area contributed by atoms with E-state index < -0.39 is 0 Å². The van der Waals surface area contributed by atoms with Gasteiger partial charge in [-0.1, -0.05) is 0 Å². The first-order chi connectivity index (χ1) is 7.47. The molecule has 1 aromatic carbocycles. The lowest BCUT2D eigenvalue weighted by molar-refractivity contribution is 0.0682. The highest BCUT2D eigenvalue weighted by atomic mass is 19.1. The number of amides is 1. The minimum Gasteiger partial charge on any atom is -0.394 e. The number of nitrogens with zero attached hydrogens (tertiary/aromatic N) is 1. The molecule has 0 saturated heterocycles. The number of hydrogen-bond donors (Lipinski definition) is 1. The predicted octanol–water partition coefficient (Wildman–Crippen LogP) is 1.59. The van der Waals surface area contributed by atoms with Gasteiger partial charge in [-0.05, 0) is 37.6 Å². The van der Waals surface area contributed by atoms with Gasteiger partial charge in [0.2, 0.25) is 0 Å². The molecule has 1 atom stereocenters. The van der Waals surface area contributed by atoms with Gasteiger partial charge < -0.3 is 10.0 Å². The fraction of sp³-hybridized carbons (Fsp3) is 0.417. The largest absolute Gasteiger partial charge is 0.394 e. The summed E-state index contributed by atoms with van der Waals surface area (Å²) in [4.78, 5) is 13.3. The molecule has 0 aliphatic heterocycles. The number of aliphatic hydroxyl groups excluding tert-OH is 1. The average molecular weight is 225 g/mol. The third kappa shape index (κ3) is 2.58. The first-order valence-electron chi connectivity index (χ1n) is 5.11. The normalized spacial score (nSPS) is 12.3. The lowest BCUT2D eigenvalue weighted by Gasteiger charge is -2.23. The van der Waals surface area contributed by atoms with E-state index in [0.29, 0.717) is 11.1 Å². The lowest BCUT2D eigenvalue weighted by Crippen LogP contribution is -2.37. The molecule has 1 rings (SSSR count). The maximum Gasteiger partial charge on any atom is 0.253 e. The smallest absolute Gasteiger partial charge is 0.253 e. The van der Waals surface area contributed by atoms with Crippen LogP contribution < -0.4 is 0 Å². The molecule has 1 N–H and O–H groups in total. The Labute approximate surface area is 94.5 Å². The van der Waals surface area contributed by atoms with Crippen molar-refractivity contribution in [2.75, 3.05) is 13.7 Å². The monoisotopic (exact) mass is 225 g/mol. The first kappa shape index (κ1) is 12.6. The summed E-state index contributed by atoms with van der Waals surface area (Å²) < 4.78 is 13.0. The summed E-state index contributed by atoms with van der Waals surface area (Å²) >= 11 is 0. The highest BCUT2D eigenvalue weighted by Gasteiger charge is 2.17. The third-order valence-corrected chi connectivity index (χ3v) is 2.65. The molecule has 3 nitrogen and oxygen atoms in total. The van der Waals surface area contributed by atoms with Gasteiger partial charge in [-0.15, -0.1) is 0 Å². The fourth-order valence-corrected chi connectivity index (χ4v) is 1.30. The first-order valence-corrected chi connectivity index (χ1v) is 5.11. The Bertz CT molecular complexity index is 393. The number of rotatable bonds is 3. The van der Waals surface area contributed by atoms with E-state index in [1.165, 1.54) is 23.1 Å². The molecule has 0 heterocycles. The summed E-state index contributed by atoms with van der Waals surface area (Å²) in [7, 11) is 1.61. The van der Waals surface area contributed by atoms with Crippen molar-refractivity contribution in [1.29, 1.82) is 0 Å². The van der Waals surface area contributed by atoms with Crippen molar-refractivity contribution >= 4 is 5.91 Å². The zero-order valence-corrected chi connectivity index (χ0v) is 9.70. The van der Waals surface area contributed by atoms with Crippen LogP contribution in [-0.2, 0) is 0 Å². The third-order valence-electron chi connectivity index (χ3n) is 2.65. The van der Waals surface area contributed by atoms with Crippen LogP contribution >= 0.6 is 0 Å². The van der Waals surface area contributed by atoms with Gasteiger partial charge in [0.15, 0.2) is 0 Å². The molecule has 4 heteroatoms. The molecular formula is C12H16FNO2. The van der Waals surface area contributed by atoms with Crippen LogP contribution in [0.15, 0.2) is 18.2 Å². The van der Waals surface area contributed by atoms with Crippen molar-refractivity contribution in [2.45, 2.75) is 19.9 Å². The van der Waals surface area contributed by atoms with E-state index in [4.69, 9.17) is 5.11 Å². The number of aliphatic hydroxyl groups is 1. The molecule has 0 aromatic heterocycles. The number of hydrogen-bond acceptors (Lipinski definition) is 2. The van der Waals surface area contributed by atoms with Gasteiger partial charge in [0.25, 0.3) is 5.91 Å². The van der Waals surface area contributed by atoms with Gasteiger partial charge in [-0.25, -0.2) is 4.39 Å². The Hall–Kier alpha value is -1.42. The number of halogens is 1. The molecule has 0 saturated carbocycles. The van der Waals surface area contributed by atoms with Crippen LogP contribution in [0.3, 0.4) is 0 Å². The van der Waals surface area contributed by atoms with Crippen LogP contribution in [0.5, 0.6) is 0 Å². The average Bonchev–Trinajstić information content (AvgIpc) is 2.29. The minimum absolute atomic E-state index is 0.0948. The number of carbonyl (C=O) groups excluding carboxylic acids is 1. The van der Waals surface area contributed by atoms with Crippen LogP contribution in [-0.4, -0.2) is 35.6 Å². The molecule has 0 aliphatic rings. The van der Waals surface area contributed by atoms with E-state index in [0.717, 1.165) is 0 Å². The Morgan fingerprint density at radius 1 is 1.56 bits per heavy atom. The van der Waals surface area contributed by atoms with E-state index in [1.807, 2.05) is 0 Å². The van der Waals surface area contributed by atoms with Crippen LogP contribution in [0.4, 0.5) is 4.39 Å². The number of benzene rings is 1. The summed E-state index contributed by atoms with van der Waals surface area (Å²) in [6, 6.07) is 3.99. The molecule has 0 aliphatic carbocycles. The van der Waals surface area contributed by atoms with E-state index in [2.05, 4.69) is 0 Å². The molecule has 1 aromatic rings. The summed E-state index contributed by atoms with van der Waals surface area (Å²) in [5, 5.41) is 8.95. The molecule has 1 amide bonds. The van der Waals surface area contributed by atoms with E-state index in [-0.39, 0.29) is 24.4 Å².